The van der Waals surface area contributed by atoms with Crippen molar-refractivity contribution < 1.29 is 4.39 Å². The van der Waals surface area contributed by atoms with Gasteiger partial charge in [-0.3, -0.25) is 0 Å². The van der Waals surface area contributed by atoms with Gasteiger partial charge in [-0.1, -0.05) is 26.0 Å². The molecular formula is C15H23FN2. The van der Waals surface area contributed by atoms with Crippen LogP contribution in [0.15, 0.2) is 18.2 Å². The second-order valence-corrected chi connectivity index (χ2v) is 5.52. The smallest absolute Gasteiger partial charge is 0.146 e. The van der Waals surface area contributed by atoms with Crippen LogP contribution >= 0.6 is 0 Å². The van der Waals surface area contributed by atoms with Gasteiger partial charge in [0.15, 0.2) is 0 Å². The number of hydrogen-bond donors (Lipinski definition) is 1. The number of hydrogen-bond acceptors (Lipinski definition) is 2. The minimum Gasteiger partial charge on any atom is -0.369 e. The number of piperidine rings is 1. The molecule has 1 saturated heterocycles. The van der Waals surface area contributed by atoms with Crippen molar-refractivity contribution in [2.45, 2.75) is 33.2 Å². The summed E-state index contributed by atoms with van der Waals surface area (Å²) in [5, 5.41) is 0. The molecule has 2 rings (SSSR count). The van der Waals surface area contributed by atoms with Crippen LogP contribution in [0.2, 0.25) is 0 Å². The van der Waals surface area contributed by atoms with Crippen molar-refractivity contribution >= 4 is 5.69 Å². The van der Waals surface area contributed by atoms with Crippen molar-refractivity contribution in [2.75, 3.05) is 18.0 Å². The van der Waals surface area contributed by atoms with Gasteiger partial charge in [0, 0.05) is 19.6 Å². The van der Waals surface area contributed by atoms with Gasteiger partial charge < -0.3 is 10.6 Å². The van der Waals surface area contributed by atoms with Crippen LogP contribution in [-0.4, -0.2) is 13.1 Å². The lowest BCUT2D eigenvalue weighted by atomic mass is 9.86. The molecule has 0 bridgehead atoms. The first-order valence-electron chi connectivity index (χ1n) is 6.86. The third-order valence-corrected chi connectivity index (χ3v) is 4.09. The molecule has 0 saturated carbocycles. The first-order chi connectivity index (χ1) is 8.63. The summed E-state index contributed by atoms with van der Waals surface area (Å²) in [6.07, 6.45) is 2.30. The fraction of sp³-hybridized carbons (Fsp3) is 0.600. The third-order valence-electron chi connectivity index (χ3n) is 4.09. The number of nitrogens with zero attached hydrogens (tertiary/aromatic N) is 1. The molecule has 1 aliphatic rings. The molecule has 0 aliphatic carbocycles. The second kappa shape index (κ2) is 5.70. The number of para-hydroxylation sites is 1. The van der Waals surface area contributed by atoms with Gasteiger partial charge in [0.05, 0.1) is 5.69 Å². The lowest BCUT2D eigenvalue weighted by Crippen LogP contribution is -2.36. The van der Waals surface area contributed by atoms with Crippen molar-refractivity contribution in [1.29, 1.82) is 0 Å². The van der Waals surface area contributed by atoms with E-state index in [1.54, 1.807) is 6.07 Å². The van der Waals surface area contributed by atoms with E-state index >= 15 is 0 Å². The van der Waals surface area contributed by atoms with Crippen molar-refractivity contribution in [3.8, 4) is 0 Å². The Bertz CT molecular complexity index is 395. The Morgan fingerprint density at radius 3 is 2.56 bits per heavy atom. The first-order valence-corrected chi connectivity index (χ1v) is 6.86. The van der Waals surface area contributed by atoms with E-state index in [0.717, 1.165) is 49.0 Å². The van der Waals surface area contributed by atoms with Gasteiger partial charge in [-0.15, -0.1) is 0 Å². The fourth-order valence-electron chi connectivity index (χ4n) is 2.87. The predicted octanol–water partition coefficient (Wildman–Crippen LogP) is 3.16. The maximum absolute atomic E-state index is 14.0. The minimum atomic E-state index is -0.138. The molecule has 100 valence electrons. The third kappa shape index (κ3) is 2.66. The standard InChI is InChI=1S/C15H23FN2/c1-11(2)12-6-8-18(9-7-12)15-13(10-17)4-3-5-14(15)16/h3-5,11-12H,6-10,17H2,1-2H3. The minimum absolute atomic E-state index is 0.138. The van der Waals surface area contributed by atoms with E-state index in [-0.39, 0.29) is 5.82 Å². The van der Waals surface area contributed by atoms with E-state index in [0.29, 0.717) is 6.54 Å². The zero-order valence-electron chi connectivity index (χ0n) is 11.3. The number of anilines is 1. The van der Waals surface area contributed by atoms with Crippen LogP contribution in [0.3, 0.4) is 0 Å². The summed E-state index contributed by atoms with van der Waals surface area (Å²) in [5.41, 5.74) is 7.35. The summed E-state index contributed by atoms with van der Waals surface area (Å²) in [6, 6.07) is 5.19. The lowest BCUT2D eigenvalue weighted by Gasteiger charge is -2.36. The maximum atomic E-state index is 14.0. The Labute approximate surface area is 109 Å². The molecule has 2 N–H and O–H groups in total. The monoisotopic (exact) mass is 250 g/mol. The van der Waals surface area contributed by atoms with Gasteiger partial charge in [0.25, 0.3) is 0 Å². The molecule has 2 nitrogen and oxygen atoms in total. The van der Waals surface area contributed by atoms with Gasteiger partial charge >= 0.3 is 0 Å². The van der Waals surface area contributed by atoms with E-state index in [1.807, 2.05) is 6.07 Å². The number of benzene rings is 1. The van der Waals surface area contributed by atoms with Crippen LogP contribution in [-0.2, 0) is 6.54 Å². The van der Waals surface area contributed by atoms with Gasteiger partial charge in [-0.2, -0.15) is 0 Å². The van der Waals surface area contributed by atoms with Gasteiger partial charge in [0.1, 0.15) is 5.82 Å². The summed E-state index contributed by atoms with van der Waals surface area (Å²) in [5.74, 6) is 1.36. The molecule has 1 aromatic carbocycles. The van der Waals surface area contributed by atoms with E-state index in [1.165, 1.54) is 6.07 Å². The maximum Gasteiger partial charge on any atom is 0.146 e. The number of halogens is 1. The van der Waals surface area contributed by atoms with E-state index in [2.05, 4.69) is 18.7 Å². The summed E-state index contributed by atoms with van der Waals surface area (Å²) < 4.78 is 14.0. The molecule has 0 atom stereocenters. The van der Waals surface area contributed by atoms with Crippen LogP contribution in [0, 0.1) is 17.7 Å². The molecule has 0 radical (unpaired) electrons. The summed E-state index contributed by atoms with van der Waals surface area (Å²) in [7, 11) is 0. The van der Waals surface area contributed by atoms with Crippen molar-refractivity contribution in [3.05, 3.63) is 29.6 Å². The highest BCUT2D eigenvalue weighted by Gasteiger charge is 2.24. The van der Waals surface area contributed by atoms with Crippen LogP contribution in [0.4, 0.5) is 10.1 Å². The second-order valence-electron chi connectivity index (χ2n) is 5.52. The Morgan fingerprint density at radius 2 is 2.00 bits per heavy atom. The molecule has 18 heavy (non-hydrogen) atoms. The molecule has 0 unspecified atom stereocenters. The van der Waals surface area contributed by atoms with Crippen molar-refractivity contribution in [3.63, 3.8) is 0 Å². The zero-order chi connectivity index (χ0) is 13.1. The van der Waals surface area contributed by atoms with E-state index in [4.69, 9.17) is 5.73 Å². The van der Waals surface area contributed by atoms with Crippen LogP contribution < -0.4 is 10.6 Å². The molecule has 0 spiro atoms. The quantitative estimate of drug-likeness (QED) is 0.893. The lowest BCUT2D eigenvalue weighted by molar-refractivity contribution is 0.310. The van der Waals surface area contributed by atoms with Crippen LogP contribution in [0.25, 0.3) is 0 Å². The van der Waals surface area contributed by atoms with Crippen molar-refractivity contribution in [1.82, 2.24) is 0 Å². The molecule has 1 aromatic rings. The van der Waals surface area contributed by atoms with Gasteiger partial charge in [-0.05, 0) is 36.3 Å². The molecule has 3 heteroatoms. The largest absolute Gasteiger partial charge is 0.369 e. The van der Waals surface area contributed by atoms with Gasteiger partial charge in [-0.25, -0.2) is 4.39 Å². The molecular weight excluding hydrogens is 227 g/mol. The summed E-state index contributed by atoms with van der Waals surface area (Å²) >= 11 is 0. The number of nitrogens with two attached hydrogens (primary N) is 1. The number of rotatable bonds is 3. The Hall–Kier alpha value is -1.09. The average molecular weight is 250 g/mol. The molecule has 0 amide bonds. The predicted molar refractivity (Wildman–Crippen MR) is 74.1 cm³/mol. The Morgan fingerprint density at radius 1 is 1.33 bits per heavy atom. The van der Waals surface area contributed by atoms with Crippen LogP contribution in [0.1, 0.15) is 32.3 Å². The highest BCUT2D eigenvalue weighted by Crippen LogP contribution is 2.31. The highest BCUT2D eigenvalue weighted by atomic mass is 19.1. The molecule has 0 aromatic heterocycles. The molecule has 1 aliphatic heterocycles. The SMILES string of the molecule is CC(C)C1CCN(c2c(F)cccc2CN)CC1. The van der Waals surface area contributed by atoms with E-state index in [9.17, 15) is 4.39 Å². The zero-order valence-corrected chi connectivity index (χ0v) is 11.3. The fourth-order valence-corrected chi connectivity index (χ4v) is 2.87. The van der Waals surface area contributed by atoms with E-state index < -0.39 is 0 Å². The molecule has 1 heterocycles. The van der Waals surface area contributed by atoms with Crippen molar-refractivity contribution in [2.24, 2.45) is 17.6 Å². The molecule has 1 fully saturated rings. The average Bonchev–Trinajstić information content (AvgIpc) is 2.38. The topological polar surface area (TPSA) is 29.3 Å². The Balaban J connectivity index is 2.14. The normalized spacial score (nSPS) is 17.5. The van der Waals surface area contributed by atoms with Crippen LogP contribution in [0.5, 0.6) is 0 Å². The summed E-state index contributed by atoms with van der Waals surface area (Å²) in [6.45, 7) is 6.83. The first kappa shape index (κ1) is 13.3. The van der Waals surface area contributed by atoms with Gasteiger partial charge in [0.2, 0.25) is 0 Å². The Kier molecular flexibility index (Phi) is 4.23. The summed E-state index contributed by atoms with van der Waals surface area (Å²) in [4.78, 5) is 2.16. The highest BCUT2D eigenvalue weighted by molar-refractivity contribution is 5.55.